The Labute approximate surface area is 155 Å². The molecule has 0 fully saturated rings. The van der Waals surface area contributed by atoms with E-state index in [4.69, 9.17) is 9.47 Å². The highest BCUT2D eigenvalue weighted by molar-refractivity contribution is 5.97. The van der Waals surface area contributed by atoms with Crippen LogP contribution >= 0.6 is 0 Å². The summed E-state index contributed by atoms with van der Waals surface area (Å²) in [5.74, 6) is -0.666. The van der Waals surface area contributed by atoms with Gasteiger partial charge in [0.05, 0.1) is 27.0 Å². The lowest BCUT2D eigenvalue weighted by Gasteiger charge is -2.09. The molecule has 9 heteroatoms. The SMILES string of the molecule is COc1ccc(C(=O)NCC(=O)NN=Cc2ccc(O)c(O)c2)cc1OC. The van der Waals surface area contributed by atoms with Gasteiger partial charge in [-0.2, -0.15) is 5.10 Å². The van der Waals surface area contributed by atoms with E-state index < -0.39 is 11.8 Å². The number of methoxy groups -OCH3 is 2. The summed E-state index contributed by atoms with van der Waals surface area (Å²) in [7, 11) is 2.95. The van der Waals surface area contributed by atoms with Crippen molar-refractivity contribution >= 4 is 18.0 Å². The number of aromatic hydroxyl groups is 2. The van der Waals surface area contributed by atoms with Gasteiger partial charge >= 0.3 is 0 Å². The number of hydrogen-bond acceptors (Lipinski definition) is 7. The summed E-state index contributed by atoms with van der Waals surface area (Å²) in [5.41, 5.74) is 3.02. The van der Waals surface area contributed by atoms with Crippen LogP contribution < -0.4 is 20.2 Å². The number of rotatable bonds is 7. The molecule has 0 atom stereocenters. The second kappa shape index (κ2) is 9.09. The normalized spacial score (nSPS) is 10.4. The van der Waals surface area contributed by atoms with E-state index in [1.54, 1.807) is 12.1 Å². The maximum Gasteiger partial charge on any atom is 0.259 e. The largest absolute Gasteiger partial charge is 0.504 e. The summed E-state index contributed by atoms with van der Waals surface area (Å²) in [6.45, 7) is -0.286. The highest BCUT2D eigenvalue weighted by Crippen LogP contribution is 2.27. The van der Waals surface area contributed by atoms with Crippen LogP contribution in [0.2, 0.25) is 0 Å². The molecule has 0 aliphatic heterocycles. The van der Waals surface area contributed by atoms with E-state index in [0.717, 1.165) is 0 Å². The summed E-state index contributed by atoms with van der Waals surface area (Å²) in [5, 5.41) is 24.8. The molecular formula is C18H19N3O6. The van der Waals surface area contributed by atoms with Gasteiger partial charge in [-0.1, -0.05) is 0 Å². The second-order valence-corrected chi connectivity index (χ2v) is 5.29. The number of hydrogen-bond donors (Lipinski definition) is 4. The van der Waals surface area contributed by atoms with Crippen LogP contribution in [0.4, 0.5) is 0 Å². The number of carbonyl (C=O) groups excluding carboxylic acids is 2. The zero-order valence-corrected chi connectivity index (χ0v) is 14.7. The van der Waals surface area contributed by atoms with Crippen molar-refractivity contribution in [2.24, 2.45) is 5.10 Å². The highest BCUT2D eigenvalue weighted by atomic mass is 16.5. The molecule has 2 rings (SSSR count). The number of nitrogens with zero attached hydrogens (tertiary/aromatic N) is 1. The molecule has 0 spiro atoms. The third-order valence-corrected chi connectivity index (χ3v) is 3.46. The van der Waals surface area contributed by atoms with E-state index in [0.29, 0.717) is 22.6 Å². The van der Waals surface area contributed by atoms with Gasteiger partial charge in [-0.15, -0.1) is 0 Å². The van der Waals surface area contributed by atoms with Gasteiger partial charge in [0.15, 0.2) is 23.0 Å². The summed E-state index contributed by atoms with van der Waals surface area (Å²) in [4.78, 5) is 23.8. The van der Waals surface area contributed by atoms with Crippen molar-refractivity contribution in [2.45, 2.75) is 0 Å². The van der Waals surface area contributed by atoms with Gasteiger partial charge in [0.2, 0.25) is 0 Å². The van der Waals surface area contributed by atoms with Gasteiger partial charge in [-0.3, -0.25) is 9.59 Å². The number of ether oxygens (including phenoxy) is 2. The van der Waals surface area contributed by atoms with Crippen LogP contribution in [0.15, 0.2) is 41.5 Å². The minimum atomic E-state index is -0.539. The number of carbonyl (C=O) groups is 2. The van der Waals surface area contributed by atoms with Crippen LogP contribution in [0.25, 0.3) is 0 Å². The number of phenolic OH excluding ortho intramolecular Hbond substituents is 2. The molecule has 27 heavy (non-hydrogen) atoms. The number of amides is 2. The van der Waals surface area contributed by atoms with E-state index in [-0.39, 0.29) is 18.0 Å². The molecule has 142 valence electrons. The monoisotopic (exact) mass is 373 g/mol. The van der Waals surface area contributed by atoms with Crippen molar-refractivity contribution in [2.75, 3.05) is 20.8 Å². The smallest absolute Gasteiger partial charge is 0.259 e. The zero-order valence-electron chi connectivity index (χ0n) is 14.7. The molecule has 2 aromatic rings. The van der Waals surface area contributed by atoms with Crippen LogP contribution in [0, 0.1) is 0 Å². The number of phenols is 2. The van der Waals surface area contributed by atoms with Crippen LogP contribution in [-0.2, 0) is 4.79 Å². The second-order valence-electron chi connectivity index (χ2n) is 5.29. The van der Waals surface area contributed by atoms with Crippen LogP contribution in [0.5, 0.6) is 23.0 Å². The summed E-state index contributed by atoms with van der Waals surface area (Å²) in [6.07, 6.45) is 1.28. The van der Waals surface area contributed by atoms with Crippen molar-refractivity contribution in [1.29, 1.82) is 0 Å². The molecule has 0 aliphatic carbocycles. The number of nitrogens with one attached hydrogen (secondary N) is 2. The van der Waals surface area contributed by atoms with Gasteiger partial charge in [-0.05, 0) is 42.0 Å². The van der Waals surface area contributed by atoms with Gasteiger partial charge in [-0.25, -0.2) is 5.43 Å². The van der Waals surface area contributed by atoms with Crippen molar-refractivity contribution < 1.29 is 29.3 Å². The lowest BCUT2D eigenvalue weighted by atomic mass is 10.2. The molecule has 0 heterocycles. The molecule has 0 bridgehead atoms. The molecule has 2 amide bonds. The van der Waals surface area contributed by atoms with Crippen molar-refractivity contribution in [1.82, 2.24) is 10.7 Å². The molecular weight excluding hydrogens is 354 g/mol. The number of hydrazone groups is 1. The predicted molar refractivity (Wildman–Crippen MR) is 97.4 cm³/mol. The molecule has 0 unspecified atom stereocenters. The Kier molecular flexibility index (Phi) is 6.59. The lowest BCUT2D eigenvalue weighted by Crippen LogP contribution is -2.34. The van der Waals surface area contributed by atoms with Gasteiger partial charge in [0, 0.05) is 5.56 Å². The summed E-state index contributed by atoms with van der Waals surface area (Å²) in [6, 6.07) is 8.71. The first-order valence-corrected chi connectivity index (χ1v) is 7.78. The van der Waals surface area contributed by atoms with Crippen LogP contribution in [0.1, 0.15) is 15.9 Å². The molecule has 4 N–H and O–H groups in total. The fourth-order valence-corrected chi connectivity index (χ4v) is 2.08. The third kappa shape index (κ3) is 5.36. The summed E-state index contributed by atoms with van der Waals surface area (Å²) >= 11 is 0. The topological polar surface area (TPSA) is 129 Å². The maximum absolute atomic E-state index is 12.1. The first kappa shape index (κ1) is 19.6. The van der Waals surface area contributed by atoms with E-state index in [1.807, 2.05) is 0 Å². The van der Waals surface area contributed by atoms with Gasteiger partial charge in [0.25, 0.3) is 11.8 Å². The van der Waals surface area contributed by atoms with E-state index in [1.165, 1.54) is 44.7 Å². The minimum absolute atomic E-state index is 0.255. The molecule has 2 aromatic carbocycles. The van der Waals surface area contributed by atoms with E-state index >= 15 is 0 Å². The average Bonchev–Trinajstić information content (AvgIpc) is 2.68. The van der Waals surface area contributed by atoms with Crippen LogP contribution in [0.3, 0.4) is 0 Å². The van der Waals surface area contributed by atoms with Gasteiger partial charge < -0.3 is 25.0 Å². The van der Waals surface area contributed by atoms with Gasteiger partial charge in [0.1, 0.15) is 0 Å². The molecule has 0 aromatic heterocycles. The third-order valence-electron chi connectivity index (χ3n) is 3.46. The fourth-order valence-electron chi connectivity index (χ4n) is 2.08. The Morgan fingerprint density at radius 2 is 1.78 bits per heavy atom. The Bertz CT molecular complexity index is 866. The summed E-state index contributed by atoms with van der Waals surface area (Å²) < 4.78 is 10.2. The number of benzene rings is 2. The molecule has 0 aliphatic rings. The van der Waals surface area contributed by atoms with Crippen molar-refractivity contribution in [3.63, 3.8) is 0 Å². The standard InChI is InChI=1S/C18H19N3O6/c1-26-15-6-4-12(8-16(15)27-2)18(25)19-10-17(24)21-20-9-11-3-5-13(22)14(23)7-11/h3-9,22-23H,10H2,1-2H3,(H,19,25)(H,21,24). The predicted octanol–water partition coefficient (Wildman–Crippen LogP) is 0.995. The van der Waals surface area contributed by atoms with Crippen LogP contribution in [-0.4, -0.2) is 49.0 Å². The fraction of sp³-hybridized carbons (Fsp3) is 0.167. The average molecular weight is 373 g/mol. The van der Waals surface area contributed by atoms with E-state index in [2.05, 4.69) is 15.8 Å². The van der Waals surface area contributed by atoms with Crippen molar-refractivity contribution in [3.05, 3.63) is 47.5 Å². The Hall–Kier alpha value is -3.75. The first-order valence-electron chi connectivity index (χ1n) is 7.78. The molecule has 0 radical (unpaired) electrons. The van der Waals surface area contributed by atoms with E-state index in [9.17, 15) is 19.8 Å². The molecule has 9 nitrogen and oxygen atoms in total. The maximum atomic E-state index is 12.1. The lowest BCUT2D eigenvalue weighted by molar-refractivity contribution is -0.120. The molecule has 0 saturated carbocycles. The van der Waals surface area contributed by atoms with Crippen molar-refractivity contribution in [3.8, 4) is 23.0 Å². The quantitative estimate of drug-likeness (QED) is 0.325. The first-order chi connectivity index (χ1) is 12.9. The molecule has 0 saturated heterocycles. The Balaban J connectivity index is 1.86. The highest BCUT2D eigenvalue weighted by Gasteiger charge is 2.11. The minimum Gasteiger partial charge on any atom is -0.504 e. The Morgan fingerprint density at radius 3 is 2.44 bits per heavy atom. The zero-order chi connectivity index (χ0) is 19.8. The Morgan fingerprint density at radius 1 is 1.04 bits per heavy atom.